The smallest absolute Gasteiger partial charge is 0.319 e. The van der Waals surface area contributed by atoms with Crippen LogP contribution in [0.15, 0.2) is 60.8 Å². The van der Waals surface area contributed by atoms with Crippen LogP contribution >= 0.6 is 11.6 Å². The van der Waals surface area contributed by atoms with Crippen LogP contribution in [0.4, 0.5) is 10.5 Å². The molecule has 3 aromatic rings. The average Bonchev–Trinajstić information content (AvgIpc) is 3.07. The number of rotatable bonds is 8. The molecule has 3 rings (SSSR count). The van der Waals surface area contributed by atoms with Crippen molar-refractivity contribution < 1.29 is 9.53 Å². The number of halogens is 1. The van der Waals surface area contributed by atoms with Gasteiger partial charge in [0, 0.05) is 24.7 Å². The van der Waals surface area contributed by atoms with Crippen LogP contribution in [0.25, 0.3) is 0 Å². The molecule has 0 bridgehead atoms. The minimum absolute atomic E-state index is 0.224. The molecule has 2 aromatic carbocycles. The standard InChI is InChI=1S/C22H25ClN4O2/c1-3-19-21(15-27(2)26-19)25-22(28)24-20(16-9-11-17(23)12-10-16)13-14-29-18-7-5-4-6-8-18/h4-12,15,20H,3,13-14H2,1-2H3,(H2,24,25,28). The molecule has 6 nitrogen and oxygen atoms in total. The van der Waals surface area contributed by atoms with E-state index in [4.69, 9.17) is 16.3 Å². The van der Waals surface area contributed by atoms with E-state index in [2.05, 4.69) is 15.7 Å². The summed E-state index contributed by atoms with van der Waals surface area (Å²) in [5, 5.41) is 10.9. The van der Waals surface area contributed by atoms with Crippen molar-refractivity contribution >= 4 is 23.3 Å². The van der Waals surface area contributed by atoms with Crippen LogP contribution in [-0.2, 0) is 13.5 Å². The van der Waals surface area contributed by atoms with Gasteiger partial charge in [-0.15, -0.1) is 0 Å². The van der Waals surface area contributed by atoms with Gasteiger partial charge in [0.15, 0.2) is 0 Å². The predicted octanol–water partition coefficient (Wildman–Crippen LogP) is 4.97. The van der Waals surface area contributed by atoms with Gasteiger partial charge in [-0.25, -0.2) is 4.79 Å². The zero-order valence-corrected chi connectivity index (χ0v) is 17.3. The van der Waals surface area contributed by atoms with Gasteiger partial charge in [-0.3, -0.25) is 4.68 Å². The van der Waals surface area contributed by atoms with E-state index in [1.54, 1.807) is 10.9 Å². The normalized spacial score (nSPS) is 11.7. The number of hydrogen-bond acceptors (Lipinski definition) is 3. The number of carbonyl (C=O) groups is 1. The van der Waals surface area contributed by atoms with E-state index in [0.29, 0.717) is 23.7 Å². The van der Waals surface area contributed by atoms with E-state index in [-0.39, 0.29) is 12.1 Å². The summed E-state index contributed by atoms with van der Waals surface area (Å²) in [5.41, 5.74) is 2.52. The first-order chi connectivity index (χ1) is 14.0. The Hall–Kier alpha value is -2.99. The molecule has 2 N–H and O–H groups in total. The molecule has 7 heteroatoms. The number of carbonyl (C=O) groups excluding carboxylic acids is 1. The van der Waals surface area contributed by atoms with Gasteiger partial charge in [-0.2, -0.15) is 5.10 Å². The Morgan fingerprint density at radius 1 is 1.17 bits per heavy atom. The second-order valence-electron chi connectivity index (χ2n) is 6.67. The maximum Gasteiger partial charge on any atom is 0.319 e. The van der Waals surface area contributed by atoms with Crippen molar-refractivity contribution in [3.8, 4) is 5.75 Å². The highest BCUT2D eigenvalue weighted by Crippen LogP contribution is 2.21. The Balaban J connectivity index is 1.66. The fourth-order valence-electron chi connectivity index (χ4n) is 3.05. The van der Waals surface area contributed by atoms with Gasteiger partial charge in [0.1, 0.15) is 5.75 Å². The van der Waals surface area contributed by atoms with E-state index >= 15 is 0 Å². The lowest BCUT2D eigenvalue weighted by atomic mass is 10.0. The maximum absolute atomic E-state index is 12.6. The first-order valence-electron chi connectivity index (χ1n) is 9.58. The predicted molar refractivity (Wildman–Crippen MR) is 115 cm³/mol. The summed E-state index contributed by atoms with van der Waals surface area (Å²) in [6.07, 6.45) is 3.15. The molecule has 1 atom stereocenters. The van der Waals surface area contributed by atoms with Crippen LogP contribution in [-0.4, -0.2) is 22.4 Å². The fourth-order valence-corrected chi connectivity index (χ4v) is 3.17. The van der Waals surface area contributed by atoms with E-state index in [9.17, 15) is 4.79 Å². The first-order valence-corrected chi connectivity index (χ1v) is 9.96. The van der Waals surface area contributed by atoms with Crippen molar-refractivity contribution in [3.05, 3.63) is 77.1 Å². The highest BCUT2D eigenvalue weighted by atomic mass is 35.5. The summed E-state index contributed by atoms with van der Waals surface area (Å²) in [5.74, 6) is 0.801. The van der Waals surface area contributed by atoms with Gasteiger partial charge in [-0.1, -0.05) is 48.9 Å². The number of urea groups is 1. The summed E-state index contributed by atoms with van der Waals surface area (Å²) in [6, 6.07) is 16.6. The quantitative estimate of drug-likeness (QED) is 0.549. The number of nitrogens with one attached hydrogen (secondary N) is 2. The van der Waals surface area contributed by atoms with Crippen molar-refractivity contribution in [2.45, 2.75) is 25.8 Å². The van der Waals surface area contributed by atoms with Gasteiger partial charge in [0.2, 0.25) is 0 Å². The Kier molecular flexibility index (Phi) is 7.14. The molecule has 0 aliphatic carbocycles. The van der Waals surface area contributed by atoms with Gasteiger partial charge in [-0.05, 0) is 36.2 Å². The largest absolute Gasteiger partial charge is 0.494 e. The number of hydrogen-bond donors (Lipinski definition) is 2. The maximum atomic E-state index is 12.6. The molecular weight excluding hydrogens is 388 g/mol. The van der Waals surface area contributed by atoms with Crippen molar-refractivity contribution in [3.63, 3.8) is 0 Å². The number of para-hydroxylation sites is 1. The molecule has 0 spiro atoms. The Bertz CT molecular complexity index is 926. The topological polar surface area (TPSA) is 68.2 Å². The summed E-state index contributed by atoms with van der Waals surface area (Å²) in [7, 11) is 1.83. The van der Waals surface area contributed by atoms with Crippen molar-refractivity contribution in [1.29, 1.82) is 0 Å². The monoisotopic (exact) mass is 412 g/mol. The number of benzene rings is 2. The summed E-state index contributed by atoms with van der Waals surface area (Å²) in [6.45, 7) is 2.47. The first kappa shape index (κ1) is 20.7. The SMILES string of the molecule is CCc1nn(C)cc1NC(=O)NC(CCOc1ccccc1)c1ccc(Cl)cc1. The third-order valence-electron chi connectivity index (χ3n) is 4.48. The Labute approximate surface area is 175 Å². The highest BCUT2D eigenvalue weighted by Gasteiger charge is 2.17. The molecule has 0 saturated heterocycles. The third-order valence-corrected chi connectivity index (χ3v) is 4.74. The number of aromatic nitrogens is 2. The molecule has 1 unspecified atom stereocenters. The van der Waals surface area contributed by atoms with Crippen LogP contribution in [0.1, 0.15) is 30.6 Å². The number of anilines is 1. The Morgan fingerprint density at radius 2 is 1.90 bits per heavy atom. The minimum atomic E-state index is -0.285. The molecule has 0 radical (unpaired) electrons. The molecular formula is C22H25ClN4O2. The van der Waals surface area contributed by atoms with Gasteiger partial charge in [0.05, 0.1) is 24.0 Å². The number of amides is 2. The van der Waals surface area contributed by atoms with Crippen LogP contribution in [0.5, 0.6) is 5.75 Å². The summed E-state index contributed by atoms with van der Waals surface area (Å²) in [4.78, 5) is 12.6. The molecule has 0 saturated carbocycles. The lowest BCUT2D eigenvalue weighted by Crippen LogP contribution is -2.33. The van der Waals surface area contributed by atoms with Crippen molar-refractivity contribution in [2.75, 3.05) is 11.9 Å². The summed E-state index contributed by atoms with van der Waals surface area (Å²) < 4.78 is 7.50. The van der Waals surface area contributed by atoms with E-state index < -0.39 is 0 Å². The van der Waals surface area contributed by atoms with Crippen LogP contribution in [0, 0.1) is 0 Å². The molecule has 1 heterocycles. The van der Waals surface area contributed by atoms with Crippen molar-refractivity contribution in [1.82, 2.24) is 15.1 Å². The van der Waals surface area contributed by atoms with Gasteiger partial charge < -0.3 is 15.4 Å². The van der Waals surface area contributed by atoms with Gasteiger partial charge in [0.25, 0.3) is 0 Å². The fraction of sp³-hybridized carbons (Fsp3) is 0.273. The van der Waals surface area contributed by atoms with E-state index in [0.717, 1.165) is 23.4 Å². The molecule has 0 aliphatic rings. The third kappa shape index (κ3) is 5.99. The molecule has 0 fully saturated rings. The molecule has 0 aliphatic heterocycles. The average molecular weight is 413 g/mol. The highest BCUT2D eigenvalue weighted by molar-refractivity contribution is 6.30. The minimum Gasteiger partial charge on any atom is -0.494 e. The van der Waals surface area contributed by atoms with Crippen LogP contribution < -0.4 is 15.4 Å². The summed E-state index contributed by atoms with van der Waals surface area (Å²) >= 11 is 6.02. The van der Waals surface area contributed by atoms with E-state index in [1.807, 2.05) is 68.6 Å². The van der Waals surface area contributed by atoms with Crippen molar-refractivity contribution in [2.24, 2.45) is 7.05 Å². The second-order valence-corrected chi connectivity index (χ2v) is 7.11. The van der Waals surface area contributed by atoms with Crippen LogP contribution in [0.3, 0.4) is 0 Å². The molecule has 2 amide bonds. The molecule has 152 valence electrons. The number of nitrogens with zero attached hydrogens (tertiary/aromatic N) is 2. The van der Waals surface area contributed by atoms with Crippen LogP contribution in [0.2, 0.25) is 5.02 Å². The molecule has 1 aromatic heterocycles. The lowest BCUT2D eigenvalue weighted by Gasteiger charge is -2.20. The Morgan fingerprint density at radius 3 is 2.59 bits per heavy atom. The zero-order chi connectivity index (χ0) is 20.6. The zero-order valence-electron chi connectivity index (χ0n) is 16.6. The lowest BCUT2D eigenvalue weighted by molar-refractivity contribution is 0.242. The van der Waals surface area contributed by atoms with E-state index in [1.165, 1.54) is 0 Å². The second kappa shape index (κ2) is 9.98. The van der Waals surface area contributed by atoms with Gasteiger partial charge >= 0.3 is 6.03 Å². The number of ether oxygens (including phenoxy) is 1. The number of aryl methyl sites for hydroxylation is 2. The molecule has 29 heavy (non-hydrogen) atoms.